The van der Waals surface area contributed by atoms with Gasteiger partial charge in [0.1, 0.15) is 11.5 Å². The summed E-state index contributed by atoms with van der Waals surface area (Å²) >= 11 is 0. The van der Waals surface area contributed by atoms with E-state index in [2.05, 4.69) is 15.5 Å². The lowest BCUT2D eigenvalue weighted by molar-refractivity contribution is -0.118. The molecular weight excluding hydrogens is 286 g/mol. The molecule has 1 amide bonds. The number of aryl methyl sites for hydroxylation is 1. The fourth-order valence-electron chi connectivity index (χ4n) is 2.07. The molecule has 0 aliphatic rings. The Morgan fingerprint density at radius 1 is 1.36 bits per heavy atom. The molecule has 0 fully saturated rings. The zero-order valence-corrected chi connectivity index (χ0v) is 11.8. The zero-order valence-electron chi connectivity index (χ0n) is 11.8. The maximum absolute atomic E-state index is 11.8. The fourth-order valence-corrected chi connectivity index (χ4v) is 2.07. The van der Waals surface area contributed by atoms with E-state index in [1.165, 1.54) is 6.20 Å². The molecule has 0 saturated heterocycles. The molecule has 0 atom stereocenters. The van der Waals surface area contributed by atoms with Gasteiger partial charge in [0.05, 0.1) is 5.39 Å². The van der Waals surface area contributed by atoms with E-state index in [1.807, 2.05) is 0 Å². The molecule has 22 heavy (non-hydrogen) atoms. The summed E-state index contributed by atoms with van der Waals surface area (Å²) in [5.41, 5.74) is -0.203. The van der Waals surface area contributed by atoms with Crippen LogP contribution in [0.2, 0.25) is 0 Å². The van der Waals surface area contributed by atoms with Gasteiger partial charge in [-0.2, -0.15) is 0 Å². The summed E-state index contributed by atoms with van der Waals surface area (Å²) in [7, 11) is 0. The Hall–Kier alpha value is -3.09. The summed E-state index contributed by atoms with van der Waals surface area (Å²) in [5.74, 6) is 1.04. The second kappa shape index (κ2) is 5.72. The van der Waals surface area contributed by atoms with Gasteiger partial charge in [0.25, 0.3) is 11.5 Å². The van der Waals surface area contributed by atoms with Crippen LogP contribution in [0.5, 0.6) is 5.75 Å². The molecule has 0 radical (unpaired) electrons. The average molecular weight is 299 g/mol. The molecule has 112 valence electrons. The Morgan fingerprint density at radius 3 is 3.00 bits per heavy atom. The molecule has 3 rings (SSSR count). The first kappa shape index (κ1) is 13.9. The number of fused-ring (bicyclic) bond motifs is 1. The van der Waals surface area contributed by atoms with Crippen LogP contribution >= 0.6 is 0 Å². The Labute approximate surface area is 124 Å². The van der Waals surface area contributed by atoms with Crippen LogP contribution in [0.15, 0.2) is 45.8 Å². The van der Waals surface area contributed by atoms with Gasteiger partial charge < -0.3 is 19.6 Å². The number of hydrogen-bond acceptors (Lipinski definition) is 5. The van der Waals surface area contributed by atoms with E-state index in [1.54, 1.807) is 37.3 Å². The number of pyridine rings is 1. The number of benzene rings is 1. The standard InChI is InChI=1S/C15H13N3O4/c1-9-7-13(18-22-9)17-14(19)8-21-12-4-2-3-11-10(12)5-6-16-15(11)20/h2-7H,8H2,1H3,(H,16,20)(H,17,18,19). The topological polar surface area (TPSA) is 97.2 Å². The van der Waals surface area contributed by atoms with Crippen LogP contribution < -0.4 is 15.6 Å². The number of hydrogen-bond donors (Lipinski definition) is 2. The first-order valence-electron chi connectivity index (χ1n) is 6.60. The average Bonchev–Trinajstić information content (AvgIpc) is 2.91. The van der Waals surface area contributed by atoms with Crippen molar-refractivity contribution in [1.82, 2.24) is 10.1 Å². The highest BCUT2D eigenvalue weighted by molar-refractivity contribution is 5.92. The van der Waals surface area contributed by atoms with Crippen molar-refractivity contribution < 1.29 is 14.1 Å². The predicted octanol–water partition coefficient (Wildman–Crippen LogP) is 1.84. The maximum Gasteiger partial charge on any atom is 0.263 e. The van der Waals surface area contributed by atoms with Crippen molar-refractivity contribution in [3.05, 3.63) is 52.6 Å². The monoisotopic (exact) mass is 299 g/mol. The minimum Gasteiger partial charge on any atom is -0.483 e. The van der Waals surface area contributed by atoms with Crippen LogP contribution in [-0.4, -0.2) is 22.7 Å². The van der Waals surface area contributed by atoms with E-state index in [0.29, 0.717) is 28.1 Å². The number of nitrogens with one attached hydrogen (secondary N) is 2. The molecule has 2 heterocycles. The van der Waals surface area contributed by atoms with E-state index in [4.69, 9.17) is 9.26 Å². The SMILES string of the molecule is Cc1cc(NC(=O)COc2cccc3c(=O)[nH]ccc23)no1. The summed E-state index contributed by atoms with van der Waals surface area (Å²) in [6.45, 7) is 1.53. The predicted molar refractivity (Wildman–Crippen MR) is 79.9 cm³/mol. The third-order valence-corrected chi connectivity index (χ3v) is 3.03. The quantitative estimate of drug-likeness (QED) is 0.766. The lowest BCUT2D eigenvalue weighted by atomic mass is 10.1. The molecule has 7 nitrogen and oxygen atoms in total. The Kier molecular flexibility index (Phi) is 3.61. The van der Waals surface area contributed by atoms with Crippen LogP contribution in [0.4, 0.5) is 5.82 Å². The zero-order chi connectivity index (χ0) is 15.5. The van der Waals surface area contributed by atoms with Gasteiger partial charge in [0.15, 0.2) is 12.4 Å². The number of ether oxygens (including phenoxy) is 1. The van der Waals surface area contributed by atoms with Gasteiger partial charge in [0, 0.05) is 17.6 Å². The number of aromatic amines is 1. The maximum atomic E-state index is 11.8. The number of H-pyrrole nitrogens is 1. The number of aromatic nitrogens is 2. The Balaban J connectivity index is 1.73. The summed E-state index contributed by atoms with van der Waals surface area (Å²) < 4.78 is 10.3. The third-order valence-electron chi connectivity index (χ3n) is 3.03. The highest BCUT2D eigenvalue weighted by atomic mass is 16.5. The molecule has 2 aromatic heterocycles. The van der Waals surface area contributed by atoms with Gasteiger partial charge in [-0.05, 0) is 25.1 Å². The van der Waals surface area contributed by atoms with Crippen LogP contribution in [0.3, 0.4) is 0 Å². The van der Waals surface area contributed by atoms with Crippen molar-refractivity contribution in [1.29, 1.82) is 0 Å². The Morgan fingerprint density at radius 2 is 2.23 bits per heavy atom. The molecule has 0 aliphatic heterocycles. The van der Waals surface area contributed by atoms with Gasteiger partial charge >= 0.3 is 0 Å². The third kappa shape index (κ3) is 2.83. The molecule has 0 bridgehead atoms. The summed E-state index contributed by atoms with van der Waals surface area (Å²) in [4.78, 5) is 26.1. The minimum absolute atomic E-state index is 0.197. The smallest absolute Gasteiger partial charge is 0.263 e. The molecule has 1 aromatic carbocycles. The molecular formula is C15H13N3O4. The first-order chi connectivity index (χ1) is 10.6. The van der Waals surface area contributed by atoms with Crippen LogP contribution in [0.1, 0.15) is 5.76 Å². The van der Waals surface area contributed by atoms with E-state index < -0.39 is 0 Å². The van der Waals surface area contributed by atoms with Gasteiger partial charge in [-0.3, -0.25) is 9.59 Å². The number of amides is 1. The van der Waals surface area contributed by atoms with Crippen molar-refractivity contribution in [2.45, 2.75) is 6.92 Å². The summed E-state index contributed by atoms with van der Waals surface area (Å²) in [6, 6.07) is 8.43. The second-order valence-electron chi connectivity index (χ2n) is 4.68. The molecule has 0 aliphatic carbocycles. The molecule has 3 aromatic rings. The van der Waals surface area contributed by atoms with Crippen molar-refractivity contribution in [2.75, 3.05) is 11.9 Å². The van der Waals surface area contributed by atoms with Crippen LogP contribution in [0, 0.1) is 6.92 Å². The van der Waals surface area contributed by atoms with E-state index in [9.17, 15) is 9.59 Å². The normalized spacial score (nSPS) is 10.6. The minimum atomic E-state index is -0.366. The highest BCUT2D eigenvalue weighted by Gasteiger charge is 2.09. The fraction of sp³-hybridized carbons (Fsp3) is 0.133. The molecule has 0 saturated carbocycles. The number of nitrogens with zero attached hydrogens (tertiary/aromatic N) is 1. The van der Waals surface area contributed by atoms with Crippen molar-refractivity contribution in [3.8, 4) is 5.75 Å². The first-order valence-corrected chi connectivity index (χ1v) is 6.60. The van der Waals surface area contributed by atoms with E-state index >= 15 is 0 Å². The molecule has 0 spiro atoms. The van der Waals surface area contributed by atoms with Gasteiger partial charge in [0.2, 0.25) is 0 Å². The number of rotatable bonds is 4. The second-order valence-corrected chi connectivity index (χ2v) is 4.68. The summed E-state index contributed by atoms with van der Waals surface area (Å²) in [5, 5.41) is 7.38. The van der Waals surface area contributed by atoms with Crippen LogP contribution in [0.25, 0.3) is 10.8 Å². The van der Waals surface area contributed by atoms with Gasteiger partial charge in [-0.1, -0.05) is 11.2 Å². The van der Waals surface area contributed by atoms with Crippen molar-refractivity contribution in [2.24, 2.45) is 0 Å². The number of carbonyl (C=O) groups is 1. The van der Waals surface area contributed by atoms with E-state index in [0.717, 1.165) is 0 Å². The molecule has 7 heteroatoms. The highest BCUT2D eigenvalue weighted by Crippen LogP contribution is 2.22. The Bertz CT molecular complexity index is 882. The summed E-state index contributed by atoms with van der Waals surface area (Å²) in [6.07, 6.45) is 1.54. The van der Waals surface area contributed by atoms with Crippen LogP contribution in [-0.2, 0) is 4.79 Å². The number of anilines is 1. The van der Waals surface area contributed by atoms with Crippen molar-refractivity contribution in [3.63, 3.8) is 0 Å². The number of carbonyl (C=O) groups excluding carboxylic acids is 1. The lowest BCUT2D eigenvalue weighted by Crippen LogP contribution is -2.20. The molecule has 0 unspecified atom stereocenters. The largest absolute Gasteiger partial charge is 0.483 e. The van der Waals surface area contributed by atoms with Crippen molar-refractivity contribution >= 4 is 22.5 Å². The van der Waals surface area contributed by atoms with Gasteiger partial charge in [-0.15, -0.1) is 0 Å². The van der Waals surface area contributed by atoms with Gasteiger partial charge in [-0.25, -0.2) is 0 Å². The van der Waals surface area contributed by atoms with E-state index in [-0.39, 0.29) is 18.1 Å². The lowest BCUT2D eigenvalue weighted by Gasteiger charge is -2.08. The molecule has 2 N–H and O–H groups in total.